The number of Topliss-reactive ketones (excluding diaryl/α,β-unsaturated/α-hetero) is 1. The normalized spacial score (nSPS) is 20.4. The van der Waals surface area contributed by atoms with E-state index >= 15 is 0 Å². The molecular formula is C24H30O4S. The van der Waals surface area contributed by atoms with Gasteiger partial charge in [-0.2, -0.15) is 0 Å². The highest BCUT2D eigenvalue weighted by Crippen LogP contribution is 2.41. The molecule has 1 saturated carbocycles. The van der Waals surface area contributed by atoms with Gasteiger partial charge >= 0.3 is 5.97 Å². The fourth-order valence-electron chi connectivity index (χ4n) is 4.40. The number of rotatable bonds is 11. The van der Waals surface area contributed by atoms with Gasteiger partial charge in [0.25, 0.3) is 0 Å². The number of fused-ring (bicyclic) bond motifs is 1. The summed E-state index contributed by atoms with van der Waals surface area (Å²) < 4.78 is 1.17. The Balaban J connectivity index is 1.50. The summed E-state index contributed by atoms with van der Waals surface area (Å²) >= 11 is 1.62. The Morgan fingerprint density at radius 1 is 1.14 bits per heavy atom. The second-order valence-electron chi connectivity index (χ2n) is 8.14. The first kappa shape index (κ1) is 21.7. The minimum atomic E-state index is -0.739. The number of allylic oxidation sites excluding steroid dienone is 1. The minimum Gasteiger partial charge on any atom is -0.481 e. The molecule has 1 aliphatic carbocycles. The van der Waals surface area contributed by atoms with E-state index in [4.69, 9.17) is 5.11 Å². The molecule has 0 radical (unpaired) electrons. The van der Waals surface area contributed by atoms with Crippen molar-refractivity contribution in [1.82, 2.24) is 0 Å². The maximum Gasteiger partial charge on any atom is 0.303 e. The molecule has 3 atom stereocenters. The van der Waals surface area contributed by atoms with Crippen LogP contribution in [0.25, 0.3) is 10.1 Å². The molecule has 0 saturated heterocycles. The number of carbonyl (C=O) groups is 2. The number of carbonyl (C=O) groups excluding carboxylic acids is 1. The second kappa shape index (κ2) is 10.2. The summed E-state index contributed by atoms with van der Waals surface area (Å²) in [4.78, 5) is 24.0. The summed E-state index contributed by atoms with van der Waals surface area (Å²) in [6.45, 7) is 4.13. The molecular weight excluding hydrogens is 384 g/mol. The van der Waals surface area contributed by atoms with E-state index in [-0.39, 0.29) is 24.0 Å². The first-order valence-corrected chi connectivity index (χ1v) is 11.4. The number of benzene rings is 1. The SMILES string of the molecule is C=C1CC(=O)[C@H](CC[C@@H](O)c2cc3ccccc3s2)[C@H]1CCCCCCC(=O)O. The molecule has 5 heteroatoms. The molecule has 0 aliphatic heterocycles. The second-order valence-corrected chi connectivity index (χ2v) is 9.26. The molecule has 1 aromatic carbocycles. The van der Waals surface area contributed by atoms with Gasteiger partial charge in [0, 0.05) is 28.3 Å². The average molecular weight is 415 g/mol. The summed E-state index contributed by atoms with van der Waals surface area (Å²) in [5, 5.41) is 20.5. The van der Waals surface area contributed by atoms with Crippen molar-refractivity contribution >= 4 is 33.2 Å². The molecule has 1 heterocycles. The quantitative estimate of drug-likeness (QED) is 0.354. The van der Waals surface area contributed by atoms with Crippen molar-refractivity contribution in [2.45, 2.75) is 63.9 Å². The highest BCUT2D eigenvalue weighted by molar-refractivity contribution is 7.19. The van der Waals surface area contributed by atoms with Gasteiger partial charge in [-0.3, -0.25) is 9.59 Å². The third kappa shape index (κ3) is 5.77. The minimum absolute atomic E-state index is 0.0365. The van der Waals surface area contributed by atoms with Crippen molar-refractivity contribution in [3.8, 4) is 0 Å². The Kier molecular flexibility index (Phi) is 7.62. The third-order valence-electron chi connectivity index (χ3n) is 6.00. The van der Waals surface area contributed by atoms with E-state index in [0.29, 0.717) is 25.7 Å². The first-order chi connectivity index (χ1) is 14.0. The summed E-state index contributed by atoms with van der Waals surface area (Å²) in [6.07, 6.45) is 5.98. The van der Waals surface area contributed by atoms with Crippen molar-refractivity contribution in [3.05, 3.63) is 47.4 Å². The fraction of sp³-hybridized carbons (Fsp3) is 0.500. The average Bonchev–Trinajstić information content (AvgIpc) is 3.23. The maximum atomic E-state index is 12.5. The third-order valence-corrected chi connectivity index (χ3v) is 7.22. The van der Waals surface area contributed by atoms with Gasteiger partial charge in [0.15, 0.2) is 0 Å². The van der Waals surface area contributed by atoms with Crippen LogP contribution in [0.5, 0.6) is 0 Å². The fourth-order valence-corrected chi connectivity index (χ4v) is 5.49. The van der Waals surface area contributed by atoms with Crippen LogP contribution in [-0.4, -0.2) is 22.0 Å². The van der Waals surface area contributed by atoms with Crippen LogP contribution in [0.1, 0.15) is 68.8 Å². The number of aliphatic hydroxyl groups excluding tert-OH is 1. The lowest BCUT2D eigenvalue weighted by atomic mass is 9.84. The highest BCUT2D eigenvalue weighted by atomic mass is 32.1. The van der Waals surface area contributed by atoms with E-state index in [1.165, 1.54) is 4.70 Å². The van der Waals surface area contributed by atoms with Crippen LogP contribution in [0.3, 0.4) is 0 Å². The zero-order valence-corrected chi connectivity index (χ0v) is 17.6. The van der Waals surface area contributed by atoms with Crippen LogP contribution in [0.15, 0.2) is 42.5 Å². The molecule has 3 rings (SSSR count). The van der Waals surface area contributed by atoms with Gasteiger partial charge in [-0.25, -0.2) is 0 Å². The molecule has 0 bridgehead atoms. The van der Waals surface area contributed by atoms with Crippen LogP contribution in [0.4, 0.5) is 0 Å². The molecule has 4 nitrogen and oxygen atoms in total. The number of thiophene rings is 1. The van der Waals surface area contributed by atoms with Gasteiger partial charge in [0.1, 0.15) is 5.78 Å². The maximum absolute atomic E-state index is 12.5. The first-order valence-electron chi connectivity index (χ1n) is 10.5. The molecule has 1 aliphatic rings. The number of hydrogen-bond acceptors (Lipinski definition) is 4. The number of aliphatic hydroxyl groups is 1. The molecule has 29 heavy (non-hydrogen) atoms. The van der Waals surface area contributed by atoms with E-state index in [9.17, 15) is 14.7 Å². The van der Waals surface area contributed by atoms with Gasteiger partial charge < -0.3 is 10.2 Å². The molecule has 0 spiro atoms. The lowest BCUT2D eigenvalue weighted by Gasteiger charge is -2.20. The number of carboxylic acid groups (broad SMARTS) is 1. The predicted molar refractivity (Wildman–Crippen MR) is 117 cm³/mol. The predicted octanol–water partition coefficient (Wildman–Crippen LogP) is 5.90. The van der Waals surface area contributed by atoms with Crippen molar-refractivity contribution in [2.75, 3.05) is 0 Å². The zero-order chi connectivity index (χ0) is 20.8. The van der Waals surface area contributed by atoms with Crippen LogP contribution in [0, 0.1) is 11.8 Å². The molecule has 1 aromatic heterocycles. The Morgan fingerprint density at radius 3 is 2.66 bits per heavy atom. The Hall–Kier alpha value is -1.98. The van der Waals surface area contributed by atoms with E-state index in [2.05, 4.69) is 24.8 Å². The van der Waals surface area contributed by atoms with Crippen LogP contribution in [0.2, 0.25) is 0 Å². The topological polar surface area (TPSA) is 74.6 Å². The number of unbranched alkanes of at least 4 members (excludes halogenated alkanes) is 3. The van der Waals surface area contributed by atoms with Gasteiger partial charge in [-0.15, -0.1) is 11.3 Å². The zero-order valence-electron chi connectivity index (χ0n) is 16.8. The molecule has 0 unspecified atom stereocenters. The monoisotopic (exact) mass is 414 g/mol. The van der Waals surface area contributed by atoms with Crippen LogP contribution in [-0.2, 0) is 9.59 Å². The van der Waals surface area contributed by atoms with Crippen molar-refractivity contribution in [2.24, 2.45) is 11.8 Å². The number of aliphatic carboxylic acids is 1. The standard InChI is InChI=1S/C24H30O4S/c1-16-14-21(26)19(18(16)9-4-2-3-5-11-24(27)28)12-13-20(25)23-15-17-8-6-7-10-22(17)29-23/h6-8,10,15,18-20,25H,1-5,9,11-14H2,(H,27,28)/t18-,19+,20+/m0/s1. The van der Waals surface area contributed by atoms with Gasteiger partial charge in [0.2, 0.25) is 0 Å². The van der Waals surface area contributed by atoms with E-state index in [1.54, 1.807) is 11.3 Å². The lowest BCUT2D eigenvalue weighted by molar-refractivity contribution is -0.137. The summed E-state index contributed by atoms with van der Waals surface area (Å²) in [6, 6.07) is 10.2. The van der Waals surface area contributed by atoms with E-state index in [1.807, 2.05) is 12.1 Å². The number of ketones is 1. The summed E-state index contributed by atoms with van der Waals surface area (Å²) in [5.74, 6) is -0.312. The number of hydrogen-bond donors (Lipinski definition) is 2. The smallest absolute Gasteiger partial charge is 0.303 e. The molecule has 1 fully saturated rings. The molecule has 0 amide bonds. The van der Waals surface area contributed by atoms with Gasteiger partial charge in [-0.1, -0.05) is 49.6 Å². The van der Waals surface area contributed by atoms with Gasteiger partial charge in [0.05, 0.1) is 6.10 Å². The Labute approximate surface area is 176 Å². The Morgan fingerprint density at radius 2 is 1.90 bits per heavy atom. The molecule has 2 N–H and O–H groups in total. The van der Waals surface area contributed by atoms with Crippen molar-refractivity contribution in [3.63, 3.8) is 0 Å². The van der Waals surface area contributed by atoms with E-state index in [0.717, 1.165) is 41.5 Å². The largest absolute Gasteiger partial charge is 0.481 e. The Bertz CT molecular complexity index is 836. The van der Waals surface area contributed by atoms with E-state index < -0.39 is 12.1 Å². The lowest BCUT2D eigenvalue weighted by Crippen LogP contribution is -2.16. The highest BCUT2D eigenvalue weighted by Gasteiger charge is 2.36. The van der Waals surface area contributed by atoms with Crippen molar-refractivity contribution < 1.29 is 19.8 Å². The summed E-state index contributed by atoms with van der Waals surface area (Å²) in [7, 11) is 0. The van der Waals surface area contributed by atoms with Gasteiger partial charge in [-0.05, 0) is 49.1 Å². The van der Waals surface area contributed by atoms with Crippen molar-refractivity contribution in [1.29, 1.82) is 0 Å². The summed E-state index contributed by atoms with van der Waals surface area (Å²) in [5.41, 5.74) is 1.03. The molecule has 156 valence electrons. The number of carboxylic acids is 1. The van der Waals surface area contributed by atoms with Crippen LogP contribution < -0.4 is 0 Å². The molecule has 2 aromatic rings. The van der Waals surface area contributed by atoms with Crippen LogP contribution >= 0.6 is 11.3 Å².